The number of amides is 1. The molecule has 1 aromatic rings. The molecule has 0 bridgehead atoms. The van der Waals surface area contributed by atoms with Gasteiger partial charge >= 0.3 is 0 Å². The van der Waals surface area contributed by atoms with Crippen molar-refractivity contribution in [2.45, 2.75) is 32.0 Å². The summed E-state index contributed by atoms with van der Waals surface area (Å²) in [5, 5.41) is 14.9. The van der Waals surface area contributed by atoms with E-state index in [9.17, 15) is 4.79 Å². The first kappa shape index (κ1) is 12.1. The molecule has 4 nitrogen and oxygen atoms in total. The molecule has 2 unspecified atom stereocenters. The normalized spacial score (nSPS) is 20.5. The summed E-state index contributed by atoms with van der Waals surface area (Å²) in [6.45, 7) is 2.48. The van der Waals surface area contributed by atoms with Crippen molar-refractivity contribution in [1.82, 2.24) is 10.6 Å². The van der Waals surface area contributed by atoms with E-state index < -0.39 is 0 Å². The predicted octanol–water partition coefficient (Wildman–Crippen LogP) is 0.198. The molecule has 1 aliphatic rings. The molecule has 0 fully saturated rings. The summed E-state index contributed by atoms with van der Waals surface area (Å²) in [6.07, 6.45) is 0.708. The Hall–Kier alpha value is -1.39. The van der Waals surface area contributed by atoms with Crippen molar-refractivity contribution in [3.63, 3.8) is 0 Å². The molecular weight excluding hydrogens is 216 g/mol. The second-order valence-electron chi connectivity index (χ2n) is 4.50. The highest BCUT2D eigenvalue weighted by atomic mass is 16.3. The standard InChI is InChI=1S/C13H18N2O2/c1-9(8-16)15-13(17)12-6-10-4-2-3-5-11(10)7-14-12/h2-5,9,12,14,16H,6-8H2,1H3,(H,15,17). The molecule has 1 aromatic carbocycles. The van der Waals surface area contributed by atoms with Gasteiger partial charge in [-0.3, -0.25) is 4.79 Å². The highest BCUT2D eigenvalue weighted by Crippen LogP contribution is 2.16. The van der Waals surface area contributed by atoms with Gasteiger partial charge in [-0.1, -0.05) is 24.3 Å². The third-order valence-corrected chi connectivity index (χ3v) is 3.06. The van der Waals surface area contributed by atoms with E-state index in [1.807, 2.05) is 12.1 Å². The quantitative estimate of drug-likeness (QED) is 0.700. The molecule has 2 rings (SSSR count). The van der Waals surface area contributed by atoms with Gasteiger partial charge in [0.15, 0.2) is 0 Å². The summed E-state index contributed by atoms with van der Waals surface area (Å²) in [7, 11) is 0. The molecule has 17 heavy (non-hydrogen) atoms. The van der Waals surface area contributed by atoms with E-state index >= 15 is 0 Å². The molecule has 4 heteroatoms. The van der Waals surface area contributed by atoms with Gasteiger partial charge in [-0.05, 0) is 24.5 Å². The van der Waals surface area contributed by atoms with Gasteiger partial charge in [-0.2, -0.15) is 0 Å². The molecule has 0 saturated carbocycles. The van der Waals surface area contributed by atoms with Crippen molar-refractivity contribution in [2.75, 3.05) is 6.61 Å². The number of carbonyl (C=O) groups is 1. The van der Waals surface area contributed by atoms with E-state index in [0.717, 1.165) is 6.54 Å². The summed E-state index contributed by atoms with van der Waals surface area (Å²) < 4.78 is 0. The van der Waals surface area contributed by atoms with Crippen LogP contribution in [0.1, 0.15) is 18.1 Å². The Labute approximate surface area is 101 Å². The van der Waals surface area contributed by atoms with E-state index in [2.05, 4.69) is 22.8 Å². The highest BCUT2D eigenvalue weighted by Gasteiger charge is 2.24. The number of aliphatic hydroxyl groups is 1. The van der Waals surface area contributed by atoms with E-state index in [1.54, 1.807) is 6.92 Å². The summed E-state index contributed by atoms with van der Waals surface area (Å²) in [5.41, 5.74) is 2.48. The number of fused-ring (bicyclic) bond motifs is 1. The van der Waals surface area contributed by atoms with Crippen molar-refractivity contribution >= 4 is 5.91 Å². The minimum absolute atomic E-state index is 0.0327. The Kier molecular flexibility index (Phi) is 3.76. The maximum Gasteiger partial charge on any atom is 0.237 e. The van der Waals surface area contributed by atoms with Gasteiger partial charge in [0.2, 0.25) is 5.91 Å². The maximum atomic E-state index is 11.9. The first-order valence-electron chi connectivity index (χ1n) is 5.92. The molecule has 0 saturated heterocycles. The van der Waals surface area contributed by atoms with Crippen LogP contribution in [-0.2, 0) is 17.8 Å². The summed E-state index contributed by atoms with van der Waals surface area (Å²) >= 11 is 0. The molecule has 0 radical (unpaired) electrons. The number of benzene rings is 1. The summed E-state index contributed by atoms with van der Waals surface area (Å²) in [5.74, 6) is -0.0407. The Morgan fingerprint density at radius 2 is 2.24 bits per heavy atom. The van der Waals surface area contributed by atoms with Gasteiger partial charge in [0, 0.05) is 12.6 Å². The molecule has 2 atom stereocenters. The van der Waals surface area contributed by atoms with Gasteiger partial charge in [-0.25, -0.2) is 0 Å². The second kappa shape index (κ2) is 5.29. The van der Waals surface area contributed by atoms with Crippen LogP contribution in [0.4, 0.5) is 0 Å². The minimum atomic E-state index is -0.195. The van der Waals surface area contributed by atoms with Crippen LogP contribution in [0.3, 0.4) is 0 Å². The molecule has 1 amide bonds. The molecule has 0 aromatic heterocycles. The number of nitrogens with one attached hydrogen (secondary N) is 2. The van der Waals surface area contributed by atoms with Gasteiger partial charge in [0.25, 0.3) is 0 Å². The maximum absolute atomic E-state index is 11.9. The van der Waals surface area contributed by atoms with Crippen molar-refractivity contribution in [3.8, 4) is 0 Å². The van der Waals surface area contributed by atoms with Gasteiger partial charge in [0.1, 0.15) is 0 Å². The minimum Gasteiger partial charge on any atom is -0.394 e. The Bertz CT molecular complexity index is 406. The van der Waals surface area contributed by atoms with Crippen LogP contribution < -0.4 is 10.6 Å². The number of aliphatic hydroxyl groups excluding tert-OH is 1. The fourth-order valence-electron chi connectivity index (χ4n) is 2.03. The zero-order chi connectivity index (χ0) is 12.3. The number of hydrogen-bond acceptors (Lipinski definition) is 3. The van der Waals surface area contributed by atoms with Crippen molar-refractivity contribution < 1.29 is 9.90 Å². The molecule has 1 heterocycles. The van der Waals surface area contributed by atoms with Gasteiger partial charge < -0.3 is 15.7 Å². The van der Waals surface area contributed by atoms with Crippen LogP contribution in [-0.4, -0.2) is 29.7 Å². The smallest absolute Gasteiger partial charge is 0.237 e. The molecular formula is C13H18N2O2. The lowest BCUT2D eigenvalue weighted by Crippen LogP contribution is -2.50. The fourth-order valence-corrected chi connectivity index (χ4v) is 2.03. The zero-order valence-corrected chi connectivity index (χ0v) is 9.94. The first-order valence-corrected chi connectivity index (χ1v) is 5.92. The molecule has 3 N–H and O–H groups in total. The lowest BCUT2D eigenvalue weighted by atomic mass is 9.95. The van der Waals surface area contributed by atoms with Crippen LogP contribution in [0.2, 0.25) is 0 Å². The fraction of sp³-hybridized carbons (Fsp3) is 0.462. The molecule has 1 aliphatic heterocycles. The van der Waals surface area contributed by atoms with Crippen LogP contribution in [0, 0.1) is 0 Å². The zero-order valence-electron chi connectivity index (χ0n) is 9.94. The van der Waals surface area contributed by atoms with Crippen LogP contribution >= 0.6 is 0 Å². The molecule has 0 aliphatic carbocycles. The van der Waals surface area contributed by atoms with Crippen molar-refractivity contribution in [1.29, 1.82) is 0 Å². The summed E-state index contributed by atoms with van der Waals surface area (Å²) in [6, 6.07) is 7.75. The average molecular weight is 234 g/mol. The Balaban J connectivity index is 2.00. The van der Waals surface area contributed by atoms with Crippen LogP contribution in [0.5, 0.6) is 0 Å². The lowest BCUT2D eigenvalue weighted by Gasteiger charge is -2.26. The largest absolute Gasteiger partial charge is 0.394 e. The Morgan fingerprint density at radius 3 is 2.94 bits per heavy atom. The van der Waals surface area contributed by atoms with Gasteiger partial charge in [0.05, 0.1) is 12.6 Å². The third-order valence-electron chi connectivity index (χ3n) is 3.06. The van der Waals surface area contributed by atoms with E-state index in [0.29, 0.717) is 6.42 Å². The summed E-state index contributed by atoms with van der Waals surface area (Å²) in [4.78, 5) is 11.9. The first-order chi connectivity index (χ1) is 8.20. The highest BCUT2D eigenvalue weighted by molar-refractivity contribution is 5.82. The number of carbonyl (C=O) groups excluding carboxylic acids is 1. The van der Waals surface area contributed by atoms with E-state index in [1.165, 1.54) is 11.1 Å². The SMILES string of the molecule is CC(CO)NC(=O)C1Cc2ccccc2CN1. The molecule has 0 spiro atoms. The number of rotatable bonds is 3. The monoisotopic (exact) mass is 234 g/mol. The second-order valence-corrected chi connectivity index (χ2v) is 4.50. The van der Waals surface area contributed by atoms with Crippen LogP contribution in [0.25, 0.3) is 0 Å². The predicted molar refractivity (Wildman–Crippen MR) is 65.5 cm³/mol. The van der Waals surface area contributed by atoms with Crippen LogP contribution in [0.15, 0.2) is 24.3 Å². The molecule has 92 valence electrons. The van der Waals surface area contributed by atoms with E-state index in [4.69, 9.17) is 5.11 Å². The topological polar surface area (TPSA) is 61.4 Å². The van der Waals surface area contributed by atoms with E-state index in [-0.39, 0.29) is 24.6 Å². The Morgan fingerprint density at radius 1 is 1.53 bits per heavy atom. The number of hydrogen-bond donors (Lipinski definition) is 3. The van der Waals surface area contributed by atoms with Crippen molar-refractivity contribution in [2.24, 2.45) is 0 Å². The average Bonchev–Trinajstić information content (AvgIpc) is 2.38. The van der Waals surface area contributed by atoms with Gasteiger partial charge in [-0.15, -0.1) is 0 Å². The van der Waals surface area contributed by atoms with Crippen molar-refractivity contribution in [3.05, 3.63) is 35.4 Å². The lowest BCUT2D eigenvalue weighted by molar-refractivity contribution is -0.124. The third kappa shape index (κ3) is 2.84.